The van der Waals surface area contributed by atoms with E-state index in [0.717, 1.165) is 16.8 Å². The fourth-order valence-corrected chi connectivity index (χ4v) is 2.74. The van der Waals surface area contributed by atoms with Crippen molar-refractivity contribution >= 4 is 17.2 Å². The summed E-state index contributed by atoms with van der Waals surface area (Å²) in [7, 11) is 1.88. The van der Waals surface area contributed by atoms with Crippen LogP contribution < -0.4 is 11.1 Å². The van der Waals surface area contributed by atoms with E-state index in [-0.39, 0.29) is 5.82 Å². The third-order valence-corrected chi connectivity index (χ3v) is 4.27. The first-order chi connectivity index (χ1) is 12.5. The number of benzene rings is 1. The molecular formula is C18H18FN7. The Labute approximate surface area is 149 Å². The molecule has 0 amide bonds. The highest BCUT2D eigenvalue weighted by Gasteiger charge is 2.17. The van der Waals surface area contributed by atoms with Gasteiger partial charge in [-0.1, -0.05) is 12.1 Å². The van der Waals surface area contributed by atoms with E-state index in [2.05, 4.69) is 20.5 Å². The van der Waals surface area contributed by atoms with Gasteiger partial charge in [-0.15, -0.1) is 0 Å². The zero-order valence-corrected chi connectivity index (χ0v) is 14.4. The Kier molecular flexibility index (Phi) is 3.89. The molecule has 3 N–H and O–H groups in total. The molecule has 26 heavy (non-hydrogen) atoms. The third kappa shape index (κ3) is 2.91. The van der Waals surface area contributed by atoms with Crippen molar-refractivity contribution < 1.29 is 4.39 Å². The van der Waals surface area contributed by atoms with Gasteiger partial charge in [0, 0.05) is 25.0 Å². The minimum atomic E-state index is -0.576. The maximum absolute atomic E-state index is 13.2. The quantitative estimate of drug-likeness (QED) is 0.590. The highest BCUT2D eigenvalue weighted by molar-refractivity contribution is 5.72. The van der Waals surface area contributed by atoms with Crippen molar-refractivity contribution in [1.29, 1.82) is 0 Å². The van der Waals surface area contributed by atoms with Crippen LogP contribution in [0.2, 0.25) is 0 Å². The molecule has 3 heterocycles. The number of nitrogens with two attached hydrogens (primary N) is 1. The molecule has 8 heteroatoms. The second-order valence-electron chi connectivity index (χ2n) is 6.11. The molecule has 0 saturated heterocycles. The van der Waals surface area contributed by atoms with Crippen LogP contribution in [0, 0.1) is 12.7 Å². The van der Waals surface area contributed by atoms with Crippen molar-refractivity contribution in [1.82, 2.24) is 24.4 Å². The van der Waals surface area contributed by atoms with Crippen LogP contribution in [0.15, 0.2) is 48.7 Å². The summed E-state index contributed by atoms with van der Waals surface area (Å²) in [6.07, 6.45) is 1.83. The van der Waals surface area contributed by atoms with Crippen molar-refractivity contribution in [2.45, 2.75) is 13.0 Å². The number of anilines is 2. The summed E-state index contributed by atoms with van der Waals surface area (Å²) in [6.45, 7) is 1.97. The fraction of sp³-hybridized carbons (Fsp3) is 0.167. The second-order valence-corrected chi connectivity index (χ2v) is 6.11. The van der Waals surface area contributed by atoms with Crippen molar-refractivity contribution in [3.63, 3.8) is 0 Å². The lowest BCUT2D eigenvalue weighted by Crippen LogP contribution is -2.18. The average Bonchev–Trinajstić information content (AvgIpc) is 3.21. The number of nitrogens with zero attached hydrogens (tertiary/aromatic N) is 5. The maximum Gasteiger partial charge on any atom is 0.172 e. The first-order valence-corrected chi connectivity index (χ1v) is 8.15. The van der Waals surface area contributed by atoms with E-state index in [9.17, 15) is 4.39 Å². The molecule has 1 atom stereocenters. The van der Waals surface area contributed by atoms with Gasteiger partial charge in [0.2, 0.25) is 0 Å². The predicted molar refractivity (Wildman–Crippen MR) is 96.6 cm³/mol. The Morgan fingerprint density at radius 2 is 1.92 bits per heavy atom. The molecule has 0 aliphatic carbocycles. The van der Waals surface area contributed by atoms with Gasteiger partial charge in [0.15, 0.2) is 17.5 Å². The van der Waals surface area contributed by atoms with Crippen molar-refractivity contribution in [2.24, 2.45) is 12.8 Å². The van der Waals surface area contributed by atoms with Crippen LogP contribution in [0.1, 0.15) is 23.1 Å². The first-order valence-electron chi connectivity index (χ1n) is 8.15. The summed E-state index contributed by atoms with van der Waals surface area (Å²) in [5.74, 6) is 1.41. The number of hydrogen-bond donors (Lipinski definition) is 2. The lowest BCUT2D eigenvalue weighted by atomic mass is 10.1. The molecule has 0 aliphatic heterocycles. The summed E-state index contributed by atoms with van der Waals surface area (Å²) in [5, 5.41) is 12.1. The molecule has 1 aromatic carbocycles. The van der Waals surface area contributed by atoms with Crippen LogP contribution >= 0.6 is 0 Å². The number of fused-ring (bicyclic) bond motifs is 1. The highest BCUT2D eigenvalue weighted by Crippen LogP contribution is 2.23. The lowest BCUT2D eigenvalue weighted by molar-refractivity contribution is 0.625. The van der Waals surface area contributed by atoms with E-state index >= 15 is 0 Å². The molecule has 132 valence electrons. The van der Waals surface area contributed by atoms with Gasteiger partial charge >= 0.3 is 0 Å². The van der Waals surface area contributed by atoms with Gasteiger partial charge in [0.25, 0.3) is 0 Å². The van der Waals surface area contributed by atoms with Gasteiger partial charge < -0.3 is 11.1 Å². The van der Waals surface area contributed by atoms with Crippen LogP contribution in [0.3, 0.4) is 0 Å². The minimum absolute atomic E-state index is 0.310. The van der Waals surface area contributed by atoms with Crippen LogP contribution in [-0.4, -0.2) is 24.4 Å². The highest BCUT2D eigenvalue weighted by atomic mass is 19.1. The summed E-state index contributed by atoms with van der Waals surface area (Å²) in [6, 6.07) is 11.2. The molecule has 1 unspecified atom stereocenters. The Hall–Kier alpha value is -3.26. The normalized spacial score (nSPS) is 12.5. The molecule has 0 bridgehead atoms. The summed E-state index contributed by atoms with van der Waals surface area (Å²) >= 11 is 0. The molecule has 4 aromatic rings. The van der Waals surface area contributed by atoms with Crippen LogP contribution in [-0.2, 0) is 7.05 Å². The largest absolute Gasteiger partial charge is 0.322 e. The zero-order valence-electron chi connectivity index (χ0n) is 14.4. The summed E-state index contributed by atoms with van der Waals surface area (Å²) in [5.41, 5.74) is 8.88. The Bertz CT molecular complexity index is 1050. The standard InChI is InChI=1S/C18H18FN7/c1-11-10-15(23-25(11)2)21-17-14-4-3-9-26(14)24-18(22-17)16(20)12-5-7-13(19)8-6-12/h3-10,16H,20H2,1-2H3,(H,21,22,23,24). The van der Waals surface area contributed by atoms with E-state index in [1.165, 1.54) is 12.1 Å². The molecule has 7 nitrogen and oxygen atoms in total. The maximum atomic E-state index is 13.2. The van der Waals surface area contributed by atoms with Crippen molar-refractivity contribution in [3.8, 4) is 0 Å². The zero-order chi connectivity index (χ0) is 18.3. The second kappa shape index (κ2) is 6.23. The number of hydrogen-bond acceptors (Lipinski definition) is 5. The number of aryl methyl sites for hydroxylation is 2. The molecule has 0 fully saturated rings. The first kappa shape index (κ1) is 16.2. The molecule has 0 radical (unpaired) electrons. The van der Waals surface area contributed by atoms with Crippen molar-refractivity contribution in [3.05, 3.63) is 71.6 Å². The molecule has 4 rings (SSSR count). The third-order valence-electron chi connectivity index (χ3n) is 4.27. The summed E-state index contributed by atoms with van der Waals surface area (Å²) < 4.78 is 16.7. The SMILES string of the molecule is Cc1cc(Nc2nc(C(N)c3ccc(F)cc3)nn3cccc23)nn1C. The van der Waals surface area contributed by atoms with Gasteiger partial charge in [-0.3, -0.25) is 4.68 Å². The van der Waals surface area contributed by atoms with Gasteiger partial charge in [-0.05, 0) is 36.8 Å². The number of halogens is 1. The van der Waals surface area contributed by atoms with Crippen LogP contribution in [0.4, 0.5) is 16.0 Å². The molecule has 3 aromatic heterocycles. The predicted octanol–water partition coefficient (Wildman–Crippen LogP) is 2.70. The molecule has 0 saturated carbocycles. The number of aromatic nitrogens is 5. The fourth-order valence-electron chi connectivity index (χ4n) is 2.74. The molecular weight excluding hydrogens is 333 g/mol. The van der Waals surface area contributed by atoms with E-state index in [0.29, 0.717) is 17.5 Å². The number of nitrogens with one attached hydrogen (secondary N) is 1. The average molecular weight is 351 g/mol. The van der Waals surface area contributed by atoms with E-state index < -0.39 is 6.04 Å². The van der Waals surface area contributed by atoms with E-state index in [1.54, 1.807) is 21.3 Å². The van der Waals surface area contributed by atoms with Crippen LogP contribution in [0.5, 0.6) is 0 Å². The topological polar surface area (TPSA) is 86.1 Å². The Morgan fingerprint density at radius 1 is 1.15 bits per heavy atom. The van der Waals surface area contributed by atoms with Gasteiger partial charge in [0.05, 0.1) is 6.04 Å². The molecule has 0 aliphatic rings. The van der Waals surface area contributed by atoms with Gasteiger partial charge in [-0.2, -0.15) is 10.2 Å². The monoisotopic (exact) mass is 351 g/mol. The Balaban J connectivity index is 1.75. The van der Waals surface area contributed by atoms with Crippen LogP contribution in [0.25, 0.3) is 5.52 Å². The lowest BCUT2D eigenvalue weighted by Gasteiger charge is -2.13. The van der Waals surface area contributed by atoms with E-state index in [4.69, 9.17) is 5.73 Å². The smallest absolute Gasteiger partial charge is 0.172 e. The number of rotatable bonds is 4. The minimum Gasteiger partial charge on any atom is -0.322 e. The van der Waals surface area contributed by atoms with Gasteiger partial charge in [0.1, 0.15) is 11.3 Å². The van der Waals surface area contributed by atoms with Gasteiger partial charge in [-0.25, -0.2) is 13.9 Å². The van der Waals surface area contributed by atoms with Crippen molar-refractivity contribution in [2.75, 3.05) is 5.32 Å². The Morgan fingerprint density at radius 3 is 2.62 bits per heavy atom. The molecule has 0 spiro atoms. The van der Waals surface area contributed by atoms with E-state index in [1.807, 2.05) is 38.4 Å². The summed E-state index contributed by atoms with van der Waals surface area (Å²) in [4.78, 5) is 4.59.